The third-order valence-electron chi connectivity index (χ3n) is 4.87. The molecular weight excluding hydrogens is 364 g/mol. The summed E-state index contributed by atoms with van der Waals surface area (Å²) in [6, 6.07) is 6.90. The number of aromatic nitrogens is 4. The van der Waals surface area contributed by atoms with Crippen molar-refractivity contribution in [1.82, 2.24) is 30.0 Å². The smallest absolute Gasteiger partial charge is 0.323 e. The summed E-state index contributed by atoms with van der Waals surface area (Å²) in [7, 11) is 0. The van der Waals surface area contributed by atoms with E-state index in [1.54, 1.807) is 23.1 Å². The molecule has 1 aromatic carbocycles. The number of aliphatic carboxylic acids is 1. The molecule has 0 aliphatic carbocycles. The Morgan fingerprint density at radius 3 is 2.68 bits per heavy atom. The Labute approximate surface area is 161 Å². The first-order valence-electron chi connectivity index (χ1n) is 9.08. The van der Waals surface area contributed by atoms with E-state index < -0.39 is 5.97 Å². The lowest BCUT2D eigenvalue weighted by Gasteiger charge is -2.29. The van der Waals surface area contributed by atoms with Gasteiger partial charge in [0.2, 0.25) is 5.91 Å². The number of amides is 2. The number of hydrogen-bond donors (Lipinski definition) is 1. The molecule has 1 aliphatic heterocycles. The SMILES string of the molecule is CC(=O)N(CC(=O)O)C1CCCN(C(=O)c2ccccc2-n2cnnn2)CC1. The second-order valence-corrected chi connectivity index (χ2v) is 6.69. The number of hydrogen-bond acceptors (Lipinski definition) is 6. The molecule has 148 valence electrons. The molecule has 2 aromatic rings. The summed E-state index contributed by atoms with van der Waals surface area (Å²) < 4.78 is 1.44. The highest BCUT2D eigenvalue weighted by atomic mass is 16.4. The van der Waals surface area contributed by atoms with Gasteiger partial charge >= 0.3 is 5.97 Å². The summed E-state index contributed by atoms with van der Waals surface area (Å²) in [6.45, 7) is 2.03. The number of tetrazole rings is 1. The van der Waals surface area contributed by atoms with Gasteiger partial charge < -0.3 is 14.9 Å². The van der Waals surface area contributed by atoms with Crippen molar-refractivity contribution < 1.29 is 19.5 Å². The Bertz CT molecular complexity index is 854. The molecule has 2 amide bonds. The van der Waals surface area contributed by atoms with Crippen molar-refractivity contribution in [2.45, 2.75) is 32.2 Å². The van der Waals surface area contributed by atoms with Crippen LogP contribution in [0.1, 0.15) is 36.5 Å². The molecular formula is C18H22N6O4. The Balaban J connectivity index is 1.75. The van der Waals surface area contributed by atoms with E-state index in [2.05, 4.69) is 15.5 Å². The maximum Gasteiger partial charge on any atom is 0.323 e. The number of benzene rings is 1. The topological polar surface area (TPSA) is 122 Å². The fourth-order valence-corrected chi connectivity index (χ4v) is 3.53. The van der Waals surface area contributed by atoms with Crippen molar-refractivity contribution in [1.29, 1.82) is 0 Å². The van der Waals surface area contributed by atoms with E-state index in [9.17, 15) is 14.4 Å². The van der Waals surface area contributed by atoms with Gasteiger partial charge in [-0.2, -0.15) is 4.68 Å². The average molecular weight is 386 g/mol. The van der Waals surface area contributed by atoms with E-state index in [1.807, 2.05) is 6.07 Å². The highest BCUT2D eigenvalue weighted by Gasteiger charge is 2.28. The molecule has 1 saturated heterocycles. The summed E-state index contributed by atoms with van der Waals surface area (Å²) in [5.74, 6) is -1.45. The van der Waals surface area contributed by atoms with Gasteiger partial charge in [0.1, 0.15) is 12.9 Å². The summed E-state index contributed by atoms with van der Waals surface area (Å²) in [5, 5.41) is 20.2. The van der Waals surface area contributed by atoms with Crippen LogP contribution in [-0.2, 0) is 9.59 Å². The average Bonchev–Trinajstić information content (AvgIpc) is 3.10. The Morgan fingerprint density at radius 1 is 1.21 bits per heavy atom. The first-order chi connectivity index (χ1) is 13.5. The number of carboxylic acid groups (broad SMARTS) is 1. The van der Waals surface area contributed by atoms with Crippen LogP contribution in [0.5, 0.6) is 0 Å². The van der Waals surface area contributed by atoms with Crippen LogP contribution in [-0.4, -0.2) is 78.6 Å². The van der Waals surface area contributed by atoms with Crippen molar-refractivity contribution in [2.75, 3.05) is 19.6 Å². The third-order valence-corrected chi connectivity index (χ3v) is 4.87. The Kier molecular flexibility index (Phi) is 5.97. The Hall–Kier alpha value is -3.30. The number of carbonyl (C=O) groups is 3. The molecule has 0 spiro atoms. The summed E-state index contributed by atoms with van der Waals surface area (Å²) >= 11 is 0. The van der Waals surface area contributed by atoms with Gasteiger partial charge in [0.05, 0.1) is 11.3 Å². The van der Waals surface area contributed by atoms with Crippen LogP contribution >= 0.6 is 0 Å². The zero-order valence-corrected chi connectivity index (χ0v) is 15.6. The monoisotopic (exact) mass is 386 g/mol. The van der Waals surface area contributed by atoms with E-state index in [1.165, 1.54) is 22.8 Å². The molecule has 1 N–H and O–H groups in total. The fourth-order valence-electron chi connectivity index (χ4n) is 3.53. The molecule has 1 atom stereocenters. The molecule has 10 heteroatoms. The molecule has 10 nitrogen and oxygen atoms in total. The van der Waals surface area contributed by atoms with Crippen LogP contribution in [0.3, 0.4) is 0 Å². The predicted octanol–water partition coefficient (Wildman–Crippen LogP) is 0.590. The molecule has 0 radical (unpaired) electrons. The van der Waals surface area contributed by atoms with Crippen molar-refractivity contribution in [2.24, 2.45) is 0 Å². The van der Waals surface area contributed by atoms with E-state index in [-0.39, 0.29) is 24.4 Å². The van der Waals surface area contributed by atoms with Gasteiger partial charge in [-0.25, -0.2) is 0 Å². The Morgan fingerprint density at radius 2 is 2.00 bits per heavy atom. The van der Waals surface area contributed by atoms with Crippen molar-refractivity contribution in [3.8, 4) is 5.69 Å². The quantitative estimate of drug-likeness (QED) is 0.798. The molecule has 2 heterocycles. The maximum absolute atomic E-state index is 13.1. The molecule has 3 rings (SSSR count). The largest absolute Gasteiger partial charge is 0.480 e. The minimum absolute atomic E-state index is 0.139. The standard InChI is InChI=1S/C18H22N6O4/c1-13(25)23(11-17(26)27)14-5-4-9-22(10-8-14)18(28)15-6-2-3-7-16(15)24-12-19-20-21-24/h2-3,6-7,12,14H,4-5,8-11H2,1H3,(H,26,27). The minimum atomic E-state index is -1.04. The lowest BCUT2D eigenvalue weighted by molar-refractivity contribution is -0.145. The number of nitrogens with zero attached hydrogens (tertiary/aromatic N) is 6. The van der Waals surface area contributed by atoms with Gasteiger partial charge in [0.15, 0.2) is 0 Å². The summed E-state index contributed by atoms with van der Waals surface area (Å²) in [6.07, 6.45) is 3.31. The van der Waals surface area contributed by atoms with Gasteiger partial charge in [-0.15, -0.1) is 5.10 Å². The molecule has 1 unspecified atom stereocenters. The van der Waals surface area contributed by atoms with Crippen LogP contribution < -0.4 is 0 Å². The van der Waals surface area contributed by atoms with Crippen LogP contribution in [0, 0.1) is 0 Å². The van der Waals surface area contributed by atoms with Gasteiger partial charge in [-0.1, -0.05) is 12.1 Å². The third kappa shape index (κ3) is 4.33. The zero-order chi connectivity index (χ0) is 20.1. The highest BCUT2D eigenvalue weighted by molar-refractivity contribution is 5.97. The number of likely N-dealkylation sites (tertiary alicyclic amines) is 1. The summed E-state index contributed by atoms with van der Waals surface area (Å²) in [4.78, 5) is 39.2. The van der Waals surface area contributed by atoms with Crippen LogP contribution in [0.4, 0.5) is 0 Å². The van der Waals surface area contributed by atoms with Crippen molar-refractivity contribution in [3.05, 3.63) is 36.2 Å². The predicted molar refractivity (Wildman–Crippen MR) is 97.7 cm³/mol. The number of carbonyl (C=O) groups excluding carboxylic acids is 2. The van der Waals surface area contributed by atoms with Gasteiger partial charge in [0, 0.05) is 26.1 Å². The number of carboxylic acids is 1. The van der Waals surface area contributed by atoms with Crippen LogP contribution in [0.15, 0.2) is 30.6 Å². The molecule has 1 fully saturated rings. The maximum atomic E-state index is 13.1. The van der Waals surface area contributed by atoms with Gasteiger partial charge in [-0.05, 0) is 41.8 Å². The molecule has 0 saturated carbocycles. The van der Waals surface area contributed by atoms with E-state index >= 15 is 0 Å². The van der Waals surface area contributed by atoms with E-state index in [4.69, 9.17) is 5.11 Å². The molecule has 28 heavy (non-hydrogen) atoms. The van der Waals surface area contributed by atoms with Crippen LogP contribution in [0.25, 0.3) is 5.69 Å². The lowest BCUT2D eigenvalue weighted by atomic mass is 10.1. The minimum Gasteiger partial charge on any atom is -0.480 e. The van der Waals surface area contributed by atoms with E-state index in [0.29, 0.717) is 43.6 Å². The van der Waals surface area contributed by atoms with Gasteiger partial charge in [-0.3, -0.25) is 14.4 Å². The zero-order valence-electron chi connectivity index (χ0n) is 15.6. The second-order valence-electron chi connectivity index (χ2n) is 6.69. The summed E-state index contributed by atoms with van der Waals surface area (Å²) in [5.41, 5.74) is 1.08. The van der Waals surface area contributed by atoms with E-state index in [0.717, 1.165) is 0 Å². The second kappa shape index (κ2) is 8.59. The molecule has 0 bridgehead atoms. The number of para-hydroxylation sites is 1. The fraction of sp³-hybridized carbons (Fsp3) is 0.444. The van der Waals surface area contributed by atoms with Crippen molar-refractivity contribution >= 4 is 17.8 Å². The lowest BCUT2D eigenvalue weighted by Crippen LogP contribution is -2.43. The first-order valence-corrected chi connectivity index (χ1v) is 9.08. The van der Waals surface area contributed by atoms with Gasteiger partial charge in [0.25, 0.3) is 5.91 Å². The number of rotatable bonds is 5. The highest BCUT2D eigenvalue weighted by Crippen LogP contribution is 2.21. The van der Waals surface area contributed by atoms with Crippen molar-refractivity contribution in [3.63, 3.8) is 0 Å². The first kappa shape index (κ1) is 19.5. The normalized spacial score (nSPS) is 17.0. The van der Waals surface area contributed by atoms with Crippen LogP contribution in [0.2, 0.25) is 0 Å². The molecule has 1 aromatic heterocycles. The molecule has 1 aliphatic rings.